The molecule has 1 saturated carbocycles. The summed E-state index contributed by atoms with van der Waals surface area (Å²) in [5.41, 5.74) is 2.62. The number of nitrogens with one attached hydrogen (secondary N) is 1. The van der Waals surface area contributed by atoms with Crippen LogP contribution >= 0.6 is 0 Å². The second-order valence-electron chi connectivity index (χ2n) is 8.13. The fourth-order valence-corrected chi connectivity index (χ4v) is 4.44. The van der Waals surface area contributed by atoms with Crippen LogP contribution < -0.4 is 10.2 Å². The van der Waals surface area contributed by atoms with Crippen LogP contribution in [-0.2, 0) is 22.7 Å². The first-order valence-corrected chi connectivity index (χ1v) is 11.2. The number of rotatable bonds is 7. The van der Waals surface area contributed by atoms with E-state index in [1.807, 2.05) is 66.1 Å². The van der Waals surface area contributed by atoms with Gasteiger partial charge in [-0.1, -0.05) is 49.6 Å². The Bertz CT molecular complexity index is 1040. The Morgan fingerprint density at radius 3 is 2.48 bits per heavy atom. The zero-order chi connectivity index (χ0) is 21.6. The third kappa shape index (κ3) is 4.79. The number of nitrogens with zero attached hydrogens (tertiary/aromatic N) is 3. The fraction of sp³-hybridized carbons (Fsp3) is 0.400. The van der Waals surface area contributed by atoms with Gasteiger partial charge >= 0.3 is 0 Å². The number of anilines is 1. The summed E-state index contributed by atoms with van der Waals surface area (Å²) in [5, 5.41) is 3.07. The van der Waals surface area contributed by atoms with Crippen molar-refractivity contribution >= 4 is 28.5 Å². The normalized spacial score (nSPS) is 14.5. The molecule has 0 atom stereocenters. The van der Waals surface area contributed by atoms with Gasteiger partial charge < -0.3 is 14.8 Å². The zero-order valence-corrected chi connectivity index (χ0v) is 18.1. The summed E-state index contributed by atoms with van der Waals surface area (Å²) >= 11 is 0. The Labute approximate surface area is 183 Å². The first-order chi connectivity index (χ1) is 15.2. The maximum absolute atomic E-state index is 13.2. The fourth-order valence-electron chi connectivity index (χ4n) is 4.44. The van der Waals surface area contributed by atoms with Crippen LogP contribution in [0.5, 0.6) is 0 Å². The molecule has 6 heteroatoms. The average Bonchev–Trinajstić information content (AvgIpc) is 3.16. The van der Waals surface area contributed by atoms with Gasteiger partial charge in [-0.3, -0.25) is 9.59 Å². The molecule has 0 spiro atoms. The van der Waals surface area contributed by atoms with Gasteiger partial charge in [-0.15, -0.1) is 0 Å². The van der Waals surface area contributed by atoms with Crippen molar-refractivity contribution in [3.8, 4) is 0 Å². The van der Waals surface area contributed by atoms with E-state index < -0.39 is 0 Å². The van der Waals surface area contributed by atoms with E-state index in [1.54, 1.807) is 4.90 Å². The average molecular weight is 419 g/mol. The van der Waals surface area contributed by atoms with Crippen molar-refractivity contribution in [1.29, 1.82) is 0 Å². The monoisotopic (exact) mass is 418 g/mol. The smallest absolute Gasteiger partial charge is 0.246 e. The molecule has 1 heterocycles. The first-order valence-electron chi connectivity index (χ1n) is 11.2. The van der Waals surface area contributed by atoms with Crippen molar-refractivity contribution in [3.05, 3.63) is 60.4 Å². The molecule has 0 radical (unpaired) electrons. The van der Waals surface area contributed by atoms with Gasteiger partial charge in [0.05, 0.1) is 17.6 Å². The number of carbonyl (C=O) groups is 2. The molecule has 0 unspecified atom stereocenters. The summed E-state index contributed by atoms with van der Waals surface area (Å²) in [6, 6.07) is 17.5. The largest absolute Gasteiger partial charge is 0.349 e. The van der Waals surface area contributed by atoms with Gasteiger partial charge in [-0.2, -0.15) is 0 Å². The van der Waals surface area contributed by atoms with E-state index in [-0.39, 0.29) is 24.3 Å². The molecule has 0 bridgehead atoms. The summed E-state index contributed by atoms with van der Waals surface area (Å²) in [7, 11) is 0. The van der Waals surface area contributed by atoms with Crippen molar-refractivity contribution in [3.63, 3.8) is 0 Å². The van der Waals surface area contributed by atoms with Gasteiger partial charge in [0, 0.05) is 18.2 Å². The molecular formula is C25H30N4O2. The molecule has 31 heavy (non-hydrogen) atoms. The number of para-hydroxylation sites is 3. The van der Waals surface area contributed by atoms with Gasteiger partial charge in [-0.05, 0) is 44.0 Å². The van der Waals surface area contributed by atoms with E-state index >= 15 is 0 Å². The molecule has 3 aromatic rings. The van der Waals surface area contributed by atoms with E-state index in [2.05, 4.69) is 5.32 Å². The van der Waals surface area contributed by atoms with Crippen molar-refractivity contribution < 1.29 is 9.59 Å². The molecule has 0 saturated heterocycles. The Balaban J connectivity index is 1.54. The molecule has 1 aliphatic rings. The Hall–Kier alpha value is -3.15. The third-order valence-corrected chi connectivity index (χ3v) is 6.11. The molecular weight excluding hydrogens is 388 g/mol. The van der Waals surface area contributed by atoms with Crippen molar-refractivity contribution in [2.24, 2.45) is 5.92 Å². The number of carbonyl (C=O) groups excluding carboxylic acids is 2. The van der Waals surface area contributed by atoms with Gasteiger partial charge in [0.1, 0.15) is 12.4 Å². The van der Waals surface area contributed by atoms with Crippen LogP contribution in [0.4, 0.5) is 5.69 Å². The molecule has 1 N–H and O–H groups in total. The second kappa shape index (κ2) is 9.77. The Morgan fingerprint density at radius 1 is 1.03 bits per heavy atom. The van der Waals surface area contributed by atoms with Gasteiger partial charge in [0.25, 0.3) is 0 Å². The maximum atomic E-state index is 13.2. The van der Waals surface area contributed by atoms with Gasteiger partial charge in [-0.25, -0.2) is 4.98 Å². The summed E-state index contributed by atoms with van der Waals surface area (Å²) in [6.45, 7) is 3.07. The predicted molar refractivity (Wildman–Crippen MR) is 123 cm³/mol. The summed E-state index contributed by atoms with van der Waals surface area (Å²) in [5.74, 6) is 0.908. The molecule has 2 aromatic carbocycles. The molecule has 1 aromatic heterocycles. The maximum Gasteiger partial charge on any atom is 0.246 e. The SMILES string of the molecule is CCN(C(=O)Cn1c(CNC(=O)C2CCCCC2)nc2ccccc21)c1ccccc1. The lowest BCUT2D eigenvalue weighted by atomic mass is 9.89. The molecule has 6 nitrogen and oxygen atoms in total. The minimum atomic E-state index is -0.00305. The van der Waals surface area contributed by atoms with E-state index in [0.29, 0.717) is 18.9 Å². The van der Waals surface area contributed by atoms with E-state index in [1.165, 1.54) is 6.42 Å². The Morgan fingerprint density at radius 2 is 1.74 bits per heavy atom. The summed E-state index contributed by atoms with van der Waals surface area (Å²) < 4.78 is 1.93. The lowest BCUT2D eigenvalue weighted by Gasteiger charge is -2.22. The lowest BCUT2D eigenvalue weighted by molar-refractivity contribution is -0.126. The highest BCUT2D eigenvalue weighted by Crippen LogP contribution is 2.24. The highest BCUT2D eigenvalue weighted by Gasteiger charge is 2.22. The number of benzene rings is 2. The van der Waals surface area contributed by atoms with Crippen LogP contribution in [0.1, 0.15) is 44.9 Å². The highest BCUT2D eigenvalue weighted by molar-refractivity contribution is 5.94. The molecule has 0 aliphatic heterocycles. The number of likely N-dealkylation sites (N-methyl/N-ethyl adjacent to an activating group) is 1. The number of fused-ring (bicyclic) bond motifs is 1. The van der Waals surface area contributed by atoms with Gasteiger partial charge in [0.2, 0.25) is 11.8 Å². The van der Waals surface area contributed by atoms with Crippen LogP contribution in [0.3, 0.4) is 0 Å². The van der Waals surface area contributed by atoms with Crippen LogP contribution in [0.15, 0.2) is 54.6 Å². The van der Waals surface area contributed by atoms with Crippen molar-refractivity contribution in [2.45, 2.75) is 52.1 Å². The molecule has 1 aliphatic carbocycles. The topological polar surface area (TPSA) is 67.2 Å². The van der Waals surface area contributed by atoms with Gasteiger partial charge in [0.15, 0.2) is 0 Å². The zero-order valence-electron chi connectivity index (χ0n) is 18.1. The third-order valence-electron chi connectivity index (χ3n) is 6.11. The Kier molecular flexibility index (Phi) is 6.65. The molecule has 4 rings (SSSR count). The number of hydrogen-bond donors (Lipinski definition) is 1. The quantitative estimate of drug-likeness (QED) is 0.623. The number of hydrogen-bond acceptors (Lipinski definition) is 3. The lowest BCUT2D eigenvalue weighted by Crippen LogP contribution is -2.35. The molecule has 1 fully saturated rings. The van der Waals surface area contributed by atoms with E-state index in [0.717, 1.165) is 42.4 Å². The predicted octanol–water partition coefficient (Wildman–Crippen LogP) is 4.29. The van der Waals surface area contributed by atoms with Crippen LogP contribution in [0, 0.1) is 5.92 Å². The van der Waals surface area contributed by atoms with Crippen LogP contribution in [-0.4, -0.2) is 27.9 Å². The number of aromatic nitrogens is 2. The summed E-state index contributed by atoms with van der Waals surface area (Å²) in [4.78, 5) is 32.3. The van der Waals surface area contributed by atoms with Crippen LogP contribution in [0.2, 0.25) is 0 Å². The number of imidazole rings is 1. The first kappa shape index (κ1) is 21.1. The standard InChI is InChI=1S/C25H30N4O2/c1-2-28(20-13-7-4-8-14-20)24(30)18-29-22-16-10-9-15-21(22)27-23(29)17-26-25(31)19-11-5-3-6-12-19/h4,7-10,13-16,19H,2-3,5-6,11-12,17-18H2,1H3,(H,26,31). The molecule has 162 valence electrons. The van der Waals surface area contributed by atoms with Crippen molar-refractivity contribution in [2.75, 3.05) is 11.4 Å². The second-order valence-corrected chi connectivity index (χ2v) is 8.13. The minimum Gasteiger partial charge on any atom is -0.349 e. The number of amides is 2. The summed E-state index contributed by atoms with van der Waals surface area (Å²) in [6.07, 6.45) is 5.39. The van der Waals surface area contributed by atoms with Crippen LogP contribution in [0.25, 0.3) is 11.0 Å². The molecule has 2 amide bonds. The highest BCUT2D eigenvalue weighted by atomic mass is 16.2. The van der Waals surface area contributed by atoms with Crippen molar-refractivity contribution in [1.82, 2.24) is 14.9 Å². The van der Waals surface area contributed by atoms with E-state index in [4.69, 9.17) is 4.98 Å². The minimum absolute atomic E-state index is 0.00305. The van der Waals surface area contributed by atoms with E-state index in [9.17, 15) is 9.59 Å².